The number of amides is 1. The Hall–Kier alpha value is -2.93. The van der Waals surface area contributed by atoms with Crippen LogP contribution in [0.4, 0.5) is 0 Å². The van der Waals surface area contributed by atoms with Crippen LogP contribution in [-0.4, -0.2) is 45.5 Å². The summed E-state index contributed by atoms with van der Waals surface area (Å²) in [6.45, 7) is 2.39. The lowest BCUT2D eigenvalue weighted by Crippen LogP contribution is -2.32. The van der Waals surface area contributed by atoms with Crippen molar-refractivity contribution in [2.75, 3.05) is 13.7 Å². The smallest absolute Gasteiger partial charge is 0.254 e. The molecule has 3 aromatic rings. The number of fused-ring (bicyclic) bond motifs is 1. The summed E-state index contributed by atoms with van der Waals surface area (Å²) >= 11 is 0. The van der Waals surface area contributed by atoms with Crippen molar-refractivity contribution in [1.29, 1.82) is 0 Å². The number of imidazole rings is 1. The molecule has 3 heterocycles. The first-order valence-electron chi connectivity index (χ1n) is 8.53. The zero-order valence-corrected chi connectivity index (χ0v) is 14.7. The van der Waals surface area contributed by atoms with Crippen LogP contribution in [0.1, 0.15) is 34.2 Å². The third-order valence-corrected chi connectivity index (χ3v) is 4.99. The Labute approximate surface area is 150 Å². The molecule has 7 heteroatoms. The van der Waals surface area contributed by atoms with Crippen LogP contribution in [0.3, 0.4) is 0 Å². The van der Waals surface area contributed by atoms with Gasteiger partial charge in [-0.25, -0.2) is 4.98 Å². The number of H-pyrrole nitrogens is 2. The minimum absolute atomic E-state index is 0.0310. The van der Waals surface area contributed by atoms with Crippen molar-refractivity contribution in [3.05, 3.63) is 64.0 Å². The van der Waals surface area contributed by atoms with Gasteiger partial charge in [-0.1, -0.05) is 6.07 Å². The van der Waals surface area contributed by atoms with Crippen molar-refractivity contribution in [2.24, 2.45) is 0 Å². The van der Waals surface area contributed by atoms with Gasteiger partial charge in [0.15, 0.2) is 0 Å². The summed E-state index contributed by atoms with van der Waals surface area (Å²) in [6.07, 6.45) is 4.10. The Balaban J connectivity index is 1.71. The van der Waals surface area contributed by atoms with E-state index >= 15 is 0 Å². The van der Waals surface area contributed by atoms with E-state index in [9.17, 15) is 9.59 Å². The monoisotopic (exact) mass is 352 g/mol. The molecular weight excluding hydrogens is 332 g/mol. The largest absolute Gasteiger partial charge is 0.380 e. The van der Waals surface area contributed by atoms with Crippen LogP contribution in [0.15, 0.2) is 41.5 Å². The first kappa shape index (κ1) is 16.5. The molecule has 1 fully saturated rings. The van der Waals surface area contributed by atoms with Crippen molar-refractivity contribution < 1.29 is 9.53 Å². The van der Waals surface area contributed by atoms with E-state index in [-0.39, 0.29) is 23.6 Å². The van der Waals surface area contributed by atoms with Crippen LogP contribution < -0.4 is 5.56 Å². The highest BCUT2D eigenvalue weighted by molar-refractivity contribution is 5.98. The van der Waals surface area contributed by atoms with Crippen molar-refractivity contribution >= 4 is 16.8 Å². The number of rotatable bonds is 3. The van der Waals surface area contributed by atoms with Gasteiger partial charge in [0, 0.05) is 55.0 Å². The highest BCUT2D eigenvalue weighted by Gasteiger charge is 2.38. The van der Waals surface area contributed by atoms with Gasteiger partial charge in [-0.3, -0.25) is 9.59 Å². The molecule has 26 heavy (non-hydrogen) atoms. The lowest BCUT2D eigenvalue weighted by Gasteiger charge is -2.23. The van der Waals surface area contributed by atoms with Crippen LogP contribution in [0.2, 0.25) is 0 Å². The number of nitrogens with zero attached hydrogens (tertiary/aromatic N) is 2. The van der Waals surface area contributed by atoms with Gasteiger partial charge >= 0.3 is 0 Å². The average Bonchev–Trinajstić information content (AvgIpc) is 3.29. The topological polar surface area (TPSA) is 91.1 Å². The maximum absolute atomic E-state index is 13.2. The molecule has 2 atom stereocenters. The molecule has 4 rings (SSSR count). The molecule has 1 amide bonds. The van der Waals surface area contributed by atoms with E-state index in [0.29, 0.717) is 24.0 Å². The van der Waals surface area contributed by atoms with E-state index in [2.05, 4.69) is 15.0 Å². The number of likely N-dealkylation sites (tertiary alicyclic amines) is 1. The zero-order chi connectivity index (χ0) is 18.3. The average molecular weight is 352 g/mol. The lowest BCUT2D eigenvalue weighted by atomic mass is 10.1. The number of hydrogen-bond acceptors (Lipinski definition) is 4. The number of hydrogen-bond donors (Lipinski definition) is 2. The molecule has 1 aliphatic heterocycles. The fraction of sp³-hybridized carbons (Fsp3) is 0.316. The van der Waals surface area contributed by atoms with E-state index < -0.39 is 0 Å². The molecule has 0 aliphatic carbocycles. The first-order valence-corrected chi connectivity index (χ1v) is 8.53. The third kappa shape index (κ3) is 2.80. The number of carbonyl (C=O) groups is 1. The van der Waals surface area contributed by atoms with E-state index in [1.54, 1.807) is 42.6 Å². The van der Waals surface area contributed by atoms with E-state index in [1.807, 2.05) is 13.0 Å². The molecule has 0 saturated carbocycles. The van der Waals surface area contributed by atoms with Gasteiger partial charge in [0.05, 0.1) is 12.1 Å². The highest BCUT2D eigenvalue weighted by Crippen LogP contribution is 2.33. The number of aryl methyl sites for hydroxylation is 1. The van der Waals surface area contributed by atoms with Crippen LogP contribution >= 0.6 is 0 Å². The fourth-order valence-corrected chi connectivity index (χ4v) is 3.65. The van der Waals surface area contributed by atoms with Gasteiger partial charge in [0.2, 0.25) is 5.56 Å². The fourth-order valence-electron chi connectivity index (χ4n) is 3.65. The zero-order valence-electron chi connectivity index (χ0n) is 14.7. The van der Waals surface area contributed by atoms with Gasteiger partial charge in [-0.15, -0.1) is 0 Å². The maximum atomic E-state index is 13.2. The predicted octanol–water partition coefficient (Wildman–Crippen LogP) is 2.16. The van der Waals surface area contributed by atoms with E-state index in [0.717, 1.165) is 16.8 Å². The van der Waals surface area contributed by atoms with E-state index in [1.165, 1.54) is 0 Å². The Morgan fingerprint density at radius 2 is 2.19 bits per heavy atom. The second-order valence-electron chi connectivity index (χ2n) is 6.62. The van der Waals surface area contributed by atoms with E-state index in [4.69, 9.17) is 4.74 Å². The third-order valence-electron chi connectivity index (χ3n) is 4.99. The van der Waals surface area contributed by atoms with Crippen LogP contribution in [0.5, 0.6) is 0 Å². The number of pyridine rings is 1. The number of benzene rings is 1. The Morgan fingerprint density at radius 1 is 1.35 bits per heavy atom. The molecule has 1 unspecified atom stereocenters. The first-order chi connectivity index (χ1) is 12.6. The summed E-state index contributed by atoms with van der Waals surface area (Å²) in [7, 11) is 1.65. The lowest BCUT2D eigenvalue weighted by molar-refractivity contribution is 0.0684. The van der Waals surface area contributed by atoms with Crippen molar-refractivity contribution in [2.45, 2.75) is 25.5 Å². The highest BCUT2D eigenvalue weighted by atomic mass is 16.5. The van der Waals surface area contributed by atoms with Gasteiger partial charge in [-0.2, -0.15) is 0 Å². The molecule has 1 saturated heterocycles. The minimum atomic E-state index is -0.173. The quantitative estimate of drug-likeness (QED) is 0.756. The summed E-state index contributed by atoms with van der Waals surface area (Å²) in [5, 5.41) is 0.930. The molecule has 0 radical (unpaired) electrons. The number of nitrogens with one attached hydrogen (secondary N) is 2. The van der Waals surface area contributed by atoms with Gasteiger partial charge in [-0.05, 0) is 24.6 Å². The molecule has 1 aromatic carbocycles. The van der Waals surface area contributed by atoms with Crippen molar-refractivity contribution in [3.8, 4) is 0 Å². The van der Waals surface area contributed by atoms with Crippen LogP contribution in [-0.2, 0) is 4.74 Å². The maximum Gasteiger partial charge on any atom is 0.254 e. The summed E-state index contributed by atoms with van der Waals surface area (Å²) < 4.78 is 5.47. The number of carbonyl (C=O) groups excluding carboxylic acids is 1. The Bertz CT molecular complexity index is 1010. The van der Waals surface area contributed by atoms with Crippen LogP contribution in [0, 0.1) is 6.92 Å². The molecule has 0 spiro atoms. The normalized spacial score (nSPS) is 20.0. The van der Waals surface area contributed by atoms with Crippen molar-refractivity contribution in [1.82, 2.24) is 19.9 Å². The molecular formula is C19H20N4O3. The number of aromatic amines is 2. The number of methoxy groups -OCH3 is 1. The Kier molecular flexibility index (Phi) is 4.08. The van der Waals surface area contributed by atoms with Crippen LogP contribution in [0.25, 0.3) is 10.9 Å². The second-order valence-corrected chi connectivity index (χ2v) is 6.62. The Morgan fingerprint density at radius 3 is 2.92 bits per heavy atom. The second kappa shape index (κ2) is 6.42. The molecule has 7 nitrogen and oxygen atoms in total. The van der Waals surface area contributed by atoms with Gasteiger partial charge in [0.1, 0.15) is 5.82 Å². The summed E-state index contributed by atoms with van der Waals surface area (Å²) in [4.78, 5) is 36.9. The summed E-state index contributed by atoms with van der Waals surface area (Å²) in [5.74, 6) is 0.651. The standard InChI is InChI=1S/C19H20N4O3/c1-11-7-17(24)22-15-8-12(3-4-14(11)15)19(25)23-10-13(26-2)9-16(23)18-20-5-6-21-18/h3-8,13,16H,9-10H2,1-2H3,(H,20,21)(H,22,24)/t13-,16?/m1/s1. The SMILES string of the molecule is CO[C@@H]1CC(c2ncc[nH]2)N(C(=O)c2ccc3c(C)cc(=O)[nH]c3c2)C1. The molecule has 2 aromatic heterocycles. The summed E-state index contributed by atoms with van der Waals surface area (Å²) in [6, 6.07) is 6.82. The molecule has 0 bridgehead atoms. The molecule has 134 valence electrons. The van der Waals surface area contributed by atoms with Crippen molar-refractivity contribution in [3.63, 3.8) is 0 Å². The minimum Gasteiger partial charge on any atom is -0.380 e. The predicted molar refractivity (Wildman–Crippen MR) is 97.1 cm³/mol. The molecule has 2 N–H and O–H groups in total. The molecule has 1 aliphatic rings. The summed E-state index contributed by atoms with van der Waals surface area (Å²) in [5.41, 5.74) is 1.91. The number of aromatic nitrogens is 3. The number of ether oxygens (including phenoxy) is 1. The van der Waals surface area contributed by atoms with Gasteiger partial charge in [0.25, 0.3) is 5.91 Å². The van der Waals surface area contributed by atoms with Gasteiger partial charge < -0.3 is 19.6 Å².